The monoisotopic (exact) mass is 414 g/mol. The summed E-state index contributed by atoms with van der Waals surface area (Å²) in [6, 6.07) is 13.6. The highest BCUT2D eigenvalue weighted by atomic mass is 16.5. The third kappa shape index (κ3) is 7.21. The van der Waals surface area contributed by atoms with E-state index in [1.54, 1.807) is 36.4 Å². The van der Waals surface area contributed by atoms with Crippen LogP contribution < -0.4 is 10.6 Å². The first-order valence-corrected chi connectivity index (χ1v) is 9.50. The van der Waals surface area contributed by atoms with Crippen LogP contribution in [0.5, 0.6) is 0 Å². The Morgan fingerprint density at radius 2 is 1.67 bits per heavy atom. The molecule has 2 rings (SSSR count). The maximum Gasteiger partial charge on any atom is 0.408 e. The summed E-state index contributed by atoms with van der Waals surface area (Å²) in [5.74, 6) is -2.04. The van der Waals surface area contributed by atoms with Crippen molar-refractivity contribution >= 4 is 18.0 Å². The first kappa shape index (κ1) is 22.9. The van der Waals surface area contributed by atoms with Gasteiger partial charge in [0, 0.05) is 6.42 Å². The van der Waals surface area contributed by atoms with Gasteiger partial charge >= 0.3 is 12.1 Å². The van der Waals surface area contributed by atoms with Crippen LogP contribution in [0.15, 0.2) is 54.6 Å². The van der Waals surface area contributed by atoms with Gasteiger partial charge in [0.05, 0.1) is 6.10 Å². The Balaban J connectivity index is 1.98. The van der Waals surface area contributed by atoms with Gasteiger partial charge in [-0.05, 0) is 25.0 Å². The number of benzene rings is 2. The van der Waals surface area contributed by atoms with Crippen LogP contribution in [0.3, 0.4) is 0 Å². The van der Waals surface area contributed by atoms with Gasteiger partial charge in [-0.25, -0.2) is 9.59 Å². The number of carbonyl (C=O) groups is 3. The first-order chi connectivity index (χ1) is 14.3. The molecule has 160 valence electrons. The van der Waals surface area contributed by atoms with Gasteiger partial charge < -0.3 is 25.6 Å². The van der Waals surface area contributed by atoms with E-state index >= 15 is 0 Å². The third-order valence-electron chi connectivity index (χ3n) is 4.39. The molecule has 0 aromatic heterocycles. The standard InChI is InChI=1S/C22H26N2O6/c1-14-7-6-10-17(11-14)12-18(21(27)28)23-20(26)19(15(2)25)24-22(29)30-13-16-8-4-3-5-9-16/h3-11,15,18-19,25H,12-13H2,1-2H3,(H,23,26)(H,24,29)(H,27,28)/t15-,18+,19+/m1/s1. The van der Waals surface area contributed by atoms with Crippen LogP contribution in [0.1, 0.15) is 23.6 Å². The number of aliphatic hydroxyl groups excluding tert-OH is 1. The van der Waals surface area contributed by atoms with Crippen molar-refractivity contribution in [1.29, 1.82) is 0 Å². The Kier molecular flexibility index (Phi) is 8.37. The number of nitrogens with one attached hydrogen (secondary N) is 2. The summed E-state index contributed by atoms with van der Waals surface area (Å²) in [6.07, 6.45) is -2.10. The van der Waals surface area contributed by atoms with Crippen molar-refractivity contribution < 1.29 is 29.3 Å². The van der Waals surface area contributed by atoms with Crippen molar-refractivity contribution in [2.45, 2.75) is 45.1 Å². The molecular weight excluding hydrogens is 388 g/mol. The number of hydrogen-bond acceptors (Lipinski definition) is 5. The van der Waals surface area contributed by atoms with E-state index in [0.29, 0.717) is 0 Å². The van der Waals surface area contributed by atoms with Crippen molar-refractivity contribution in [2.75, 3.05) is 0 Å². The molecule has 8 heteroatoms. The molecule has 3 atom stereocenters. The minimum Gasteiger partial charge on any atom is -0.480 e. The van der Waals surface area contributed by atoms with Crippen molar-refractivity contribution in [3.05, 3.63) is 71.3 Å². The molecule has 0 heterocycles. The number of aliphatic hydroxyl groups is 1. The van der Waals surface area contributed by atoms with Gasteiger partial charge in [0.2, 0.25) is 5.91 Å². The number of aryl methyl sites for hydroxylation is 1. The van der Waals surface area contributed by atoms with E-state index in [1.807, 2.05) is 25.1 Å². The molecule has 8 nitrogen and oxygen atoms in total. The lowest BCUT2D eigenvalue weighted by Crippen LogP contribution is -2.56. The zero-order chi connectivity index (χ0) is 22.1. The minimum absolute atomic E-state index is 0.00800. The van der Waals surface area contributed by atoms with Crippen molar-refractivity contribution in [1.82, 2.24) is 10.6 Å². The molecule has 2 aromatic rings. The smallest absolute Gasteiger partial charge is 0.408 e. The number of carbonyl (C=O) groups excluding carboxylic acids is 2. The van der Waals surface area contributed by atoms with Gasteiger partial charge in [0.1, 0.15) is 18.7 Å². The summed E-state index contributed by atoms with van der Waals surface area (Å²) in [6.45, 7) is 3.19. The fraction of sp³-hybridized carbons (Fsp3) is 0.318. The number of alkyl carbamates (subject to hydrolysis) is 1. The van der Waals surface area contributed by atoms with Gasteiger partial charge in [0.25, 0.3) is 0 Å². The predicted octanol–water partition coefficient (Wildman–Crippen LogP) is 1.78. The second-order valence-corrected chi connectivity index (χ2v) is 7.02. The molecule has 0 saturated carbocycles. The van der Waals surface area contributed by atoms with Gasteiger partial charge in [-0.1, -0.05) is 60.2 Å². The average molecular weight is 414 g/mol. The molecule has 0 bridgehead atoms. The maximum atomic E-state index is 12.6. The molecule has 0 spiro atoms. The highest BCUT2D eigenvalue weighted by molar-refractivity contribution is 5.89. The van der Waals surface area contributed by atoms with E-state index in [0.717, 1.165) is 16.7 Å². The van der Waals surface area contributed by atoms with Gasteiger partial charge in [-0.3, -0.25) is 4.79 Å². The lowest BCUT2D eigenvalue weighted by molar-refractivity contribution is -0.142. The topological polar surface area (TPSA) is 125 Å². The van der Waals surface area contributed by atoms with Crippen molar-refractivity contribution in [3.8, 4) is 0 Å². The fourth-order valence-electron chi connectivity index (χ4n) is 2.83. The van der Waals surface area contributed by atoms with E-state index in [4.69, 9.17) is 4.74 Å². The number of aliphatic carboxylic acids is 1. The van der Waals surface area contributed by atoms with Gasteiger partial charge in [-0.15, -0.1) is 0 Å². The fourth-order valence-corrected chi connectivity index (χ4v) is 2.83. The quantitative estimate of drug-likeness (QED) is 0.496. The van der Waals surface area contributed by atoms with E-state index in [-0.39, 0.29) is 13.0 Å². The molecule has 0 saturated heterocycles. The Morgan fingerprint density at radius 3 is 2.27 bits per heavy atom. The number of amides is 2. The third-order valence-corrected chi connectivity index (χ3v) is 4.39. The van der Waals surface area contributed by atoms with Crippen LogP contribution >= 0.6 is 0 Å². The summed E-state index contributed by atoms with van der Waals surface area (Å²) in [5.41, 5.74) is 2.47. The van der Waals surface area contributed by atoms with Gasteiger partial charge in [0.15, 0.2) is 0 Å². The summed E-state index contributed by atoms with van der Waals surface area (Å²) in [4.78, 5) is 36.2. The molecule has 0 aliphatic heterocycles. The summed E-state index contributed by atoms with van der Waals surface area (Å²) < 4.78 is 5.06. The largest absolute Gasteiger partial charge is 0.480 e. The number of carboxylic acids is 1. The number of hydrogen-bond donors (Lipinski definition) is 4. The molecule has 0 aliphatic rings. The van der Waals surface area contributed by atoms with Crippen LogP contribution in [0.25, 0.3) is 0 Å². The zero-order valence-corrected chi connectivity index (χ0v) is 16.9. The van der Waals surface area contributed by atoms with Crippen LogP contribution in [0.4, 0.5) is 4.79 Å². The summed E-state index contributed by atoms with van der Waals surface area (Å²) >= 11 is 0. The Hall–Kier alpha value is -3.39. The lowest BCUT2D eigenvalue weighted by Gasteiger charge is -2.23. The lowest BCUT2D eigenvalue weighted by atomic mass is 10.0. The molecule has 0 fully saturated rings. The second kappa shape index (κ2) is 11.0. The Bertz CT molecular complexity index is 869. The number of ether oxygens (including phenoxy) is 1. The molecular formula is C22H26N2O6. The van der Waals surface area contributed by atoms with Crippen LogP contribution in [-0.2, 0) is 27.4 Å². The molecule has 2 amide bonds. The number of rotatable bonds is 9. The molecule has 0 unspecified atom stereocenters. The number of carboxylic acid groups (broad SMARTS) is 1. The van der Waals surface area contributed by atoms with E-state index in [1.165, 1.54) is 6.92 Å². The minimum atomic E-state index is -1.37. The normalized spacial score (nSPS) is 13.6. The molecule has 0 aliphatic carbocycles. The van der Waals surface area contributed by atoms with E-state index < -0.39 is 36.2 Å². The van der Waals surface area contributed by atoms with Crippen molar-refractivity contribution in [2.24, 2.45) is 0 Å². The SMILES string of the molecule is Cc1cccc(C[C@H](NC(=O)[C@@H](NC(=O)OCc2ccccc2)[C@@H](C)O)C(=O)O)c1. The Morgan fingerprint density at radius 1 is 1.00 bits per heavy atom. The molecule has 4 N–H and O–H groups in total. The van der Waals surface area contributed by atoms with E-state index in [9.17, 15) is 24.6 Å². The van der Waals surface area contributed by atoms with Crippen LogP contribution in [0.2, 0.25) is 0 Å². The maximum absolute atomic E-state index is 12.6. The molecule has 2 aromatic carbocycles. The summed E-state index contributed by atoms with van der Waals surface area (Å²) in [5, 5.41) is 24.1. The first-order valence-electron chi connectivity index (χ1n) is 9.50. The summed E-state index contributed by atoms with van der Waals surface area (Å²) in [7, 11) is 0. The van der Waals surface area contributed by atoms with Crippen molar-refractivity contribution in [3.63, 3.8) is 0 Å². The molecule has 0 radical (unpaired) electrons. The second-order valence-electron chi connectivity index (χ2n) is 7.02. The Labute approximate surface area is 174 Å². The predicted molar refractivity (Wildman–Crippen MR) is 110 cm³/mol. The average Bonchev–Trinajstić information content (AvgIpc) is 2.70. The zero-order valence-electron chi connectivity index (χ0n) is 16.9. The molecule has 30 heavy (non-hydrogen) atoms. The van der Waals surface area contributed by atoms with Crippen LogP contribution in [0, 0.1) is 6.92 Å². The highest BCUT2D eigenvalue weighted by Crippen LogP contribution is 2.08. The van der Waals surface area contributed by atoms with E-state index in [2.05, 4.69) is 10.6 Å². The van der Waals surface area contributed by atoms with Gasteiger partial charge in [-0.2, -0.15) is 0 Å². The van der Waals surface area contributed by atoms with Crippen LogP contribution in [-0.4, -0.2) is 46.4 Å². The highest BCUT2D eigenvalue weighted by Gasteiger charge is 2.30.